The molecule has 1 unspecified atom stereocenters. The minimum Gasteiger partial charge on any atom is -0.326 e. The zero-order chi connectivity index (χ0) is 13.9. The van der Waals surface area contributed by atoms with Gasteiger partial charge in [-0.3, -0.25) is 0 Å². The van der Waals surface area contributed by atoms with Gasteiger partial charge in [0.25, 0.3) is 0 Å². The number of hydrogen-bond donors (Lipinski definition) is 0. The highest BCUT2D eigenvalue weighted by Gasteiger charge is 2.13. The van der Waals surface area contributed by atoms with Gasteiger partial charge in [-0.25, -0.2) is 4.98 Å². The van der Waals surface area contributed by atoms with Crippen LogP contribution < -0.4 is 0 Å². The van der Waals surface area contributed by atoms with Crippen molar-refractivity contribution in [3.05, 3.63) is 66.0 Å². The smallest absolute Gasteiger partial charge is 0.124 e. The molecule has 0 aliphatic heterocycles. The second kappa shape index (κ2) is 5.68. The zero-order valence-corrected chi connectivity index (χ0v) is 12.2. The number of nitrogens with zero attached hydrogens (tertiary/aromatic N) is 2. The Morgan fingerprint density at radius 2 is 1.75 bits per heavy atom. The second-order valence-corrected chi connectivity index (χ2v) is 5.34. The Labute approximate surface area is 124 Å². The van der Waals surface area contributed by atoms with E-state index in [1.165, 1.54) is 5.56 Å². The fourth-order valence-corrected chi connectivity index (χ4v) is 2.80. The van der Waals surface area contributed by atoms with Crippen molar-refractivity contribution in [2.75, 3.05) is 0 Å². The third kappa shape index (κ3) is 2.44. The van der Waals surface area contributed by atoms with Crippen molar-refractivity contribution in [1.29, 1.82) is 0 Å². The summed E-state index contributed by atoms with van der Waals surface area (Å²) >= 11 is 6.05. The molecule has 3 aromatic rings. The van der Waals surface area contributed by atoms with Crippen molar-refractivity contribution in [3.63, 3.8) is 0 Å². The molecular formula is C17H17ClN2. The lowest BCUT2D eigenvalue weighted by molar-refractivity contribution is 0.595. The normalized spacial score (nSPS) is 12.7. The predicted molar refractivity (Wildman–Crippen MR) is 84.1 cm³/mol. The van der Waals surface area contributed by atoms with Crippen LogP contribution in [0.25, 0.3) is 11.0 Å². The maximum atomic E-state index is 6.05. The van der Waals surface area contributed by atoms with E-state index in [0.717, 1.165) is 23.4 Å². The average molecular weight is 285 g/mol. The first-order chi connectivity index (χ1) is 9.79. The Bertz CT molecular complexity index is 703. The largest absolute Gasteiger partial charge is 0.326 e. The van der Waals surface area contributed by atoms with E-state index >= 15 is 0 Å². The summed E-state index contributed by atoms with van der Waals surface area (Å²) in [4.78, 5) is 4.61. The van der Waals surface area contributed by atoms with Crippen molar-refractivity contribution in [2.45, 2.75) is 25.3 Å². The first kappa shape index (κ1) is 13.2. The van der Waals surface area contributed by atoms with Crippen molar-refractivity contribution in [2.24, 2.45) is 0 Å². The first-order valence-corrected chi connectivity index (χ1v) is 7.38. The Kier molecular flexibility index (Phi) is 3.75. The standard InChI is InChI=1S/C17H17ClN2/c1-13(14-7-3-2-4-8-14)12-20-16-10-6-5-9-15(16)19-17(20)11-18/h2-10,13H,11-12H2,1H3. The Hall–Kier alpha value is -1.80. The fraction of sp³-hybridized carbons (Fsp3) is 0.235. The van der Waals surface area contributed by atoms with Crippen LogP contribution >= 0.6 is 11.6 Å². The quantitative estimate of drug-likeness (QED) is 0.641. The molecule has 0 amide bonds. The van der Waals surface area contributed by atoms with Gasteiger partial charge in [0.15, 0.2) is 0 Å². The number of halogens is 1. The summed E-state index contributed by atoms with van der Waals surface area (Å²) in [5, 5.41) is 0. The summed E-state index contributed by atoms with van der Waals surface area (Å²) in [5.74, 6) is 1.81. The molecule has 2 nitrogen and oxygen atoms in total. The molecule has 0 fully saturated rings. The molecule has 3 rings (SSSR count). The molecular weight excluding hydrogens is 268 g/mol. The summed E-state index contributed by atoms with van der Waals surface area (Å²) in [6, 6.07) is 18.8. The summed E-state index contributed by atoms with van der Waals surface area (Å²) < 4.78 is 2.24. The molecule has 0 N–H and O–H groups in total. The van der Waals surface area contributed by atoms with Gasteiger partial charge in [0.2, 0.25) is 0 Å². The molecule has 1 atom stereocenters. The highest BCUT2D eigenvalue weighted by Crippen LogP contribution is 2.23. The van der Waals surface area contributed by atoms with Gasteiger partial charge in [0, 0.05) is 6.54 Å². The molecule has 0 aliphatic carbocycles. The van der Waals surface area contributed by atoms with E-state index in [4.69, 9.17) is 11.6 Å². The Morgan fingerprint density at radius 1 is 1.05 bits per heavy atom. The number of benzene rings is 2. The minimum atomic E-state index is 0.427. The second-order valence-electron chi connectivity index (χ2n) is 5.07. The maximum Gasteiger partial charge on any atom is 0.124 e. The lowest BCUT2D eigenvalue weighted by atomic mass is 10.0. The number of hydrogen-bond acceptors (Lipinski definition) is 1. The number of alkyl halides is 1. The van der Waals surface area contributed by atoms with Crippen LogP contribution in [0.4, 0.5) is 0 Å². The number of aromatic nitrogens is 2. The molecule has 3 heteroatoms. The van der Waals surface area contributed by atoms with Crippen LogP contribution in [0.3, 0.4) is 0 Å². The minimum absolute atomic E-state index is 0.427. The molecule has 0 saturated carbocycles. The van der Waals surface area contributed by atoms with E-state index < -0.39 is 0 Å². The van der Waals surface area contributed by atoms with Crippen molar-refractivity contribution < 1.29 is 0 Å². The topological polar surface area (TPSA) is 17.8 Å². The van der Waals surface area contributed by atoms with Gasteiger partial charge < -0.3 is 4.57 Å². The zero-order valence-electron chi connectivity index (χ0n) is 11.5. The third-order valence-corrected chi connectivity index (χ3v) is 3.92. The van der Waals surface area contributed by atoms with Crippen LogP contribution in [-0.2, 0) is 12.4 Å². The number of rotatable bonds is 4. The molecule has 20 heavy (non-hydrogen) atoms. The van der Waals surface area contributed by atoms with Crippen LogP contribution in [0.15, 0.2) is 54.6 Å². The maximum absolute atomic E-state index is 6.05. The summed E-state index contributed by atoms with van der Waals surface area (Å²) in [5.41, 5.74) is 3.51. The fourth-order valence-electron chi connectivity index (χ4n) is 2.59. The average Bonchev–Trinajstić information content (AvgIpc) is 2.86. The van der Waals surface area contributed by atoms with Crippen LogP contribution in [0.1, 0.15) is 24.2 Å². The van der Waals surface area contributed by atoms with Crippen LogP contribution in [0, 0.1) is 0 Å². The van der Waals surface area contributed by atoms with Crippen LogP contribution in [-0.4, -0.2) is 9.55 Å². The van der Waals surface area contributed by atoms with E-state index in [2.05, 4.69) is 46.8 Å². The van der Waals surface area contributed by atoms with E-state index in [9.17, 15) is 0 Å². The first-order valence-electron chi connectivity index (χ1n) is 6.84. The lowest BCUT2D eigenvalue weighted by Crippen LogP contribution is -2.09. The Morgan fingerprint density at radius 3 is 2.50 bits per heavy atom. The van der Waals surface area contributed by atoms with E-state index in [1.54, 1.807) is 0 Å². The summed E-state index contributed by atoms with van der Waals surface area (Å²) in [7, 11) is 0. The highest BCUT2D eigenvalue weighted by molar-refractivity contribution is 6.16. The molecule has 0 spiro atoms. The number of imidazole rings is 1. The van der Waals surface area contributed by atoms with Gasteiger partial charge in [0.05, 0.1) is 16.9 Å². The summed E-state index contributed by atoms with van der Waals surface area (Å²) in [6.45, 7) is 3.13. The van der Waals surface area contributed by atoms with Gasteiger partial charge in [-0.15, -0.1) is 11.6 Å². The van der Waals surface area contributed by atoms with Gasteiger partial charge in [-0.1, -0.05) is 49.4 Å². The highest BCUT2D eigenvalue weighted by atomic mass is 35.5. The van der Waals surface area contributed by atoms with E-state index in [-0.39, 0.29) is 0 Å². The molecule has 102 valence electrons. The molecule has 0 aliphatic rings. The molecule has 1 heterocycles. The van der Waals surface area contributed by atoms with Gasteiger partial charge >= 0.3 is 0 Å². The van der Waals surface area contributed by atoms with Gasteiger partial charge in [-0.2, -0.15) is 0 Å². The van der Waals surface area contributed by atoms with Crippen molar-refractivity contribution in [1.82, 2.24) is 9.55 Å². The van der Waals surface area contributed by atoms with Gasteiger partial charge in [0.1, 0.15) is 5.82 Å². The molecule has 2 aromatic carbocycles. The monoisotopic (exact) mass is 284 g/mol. The van der Waals surface area contributed by atoms with Gasteiger partial charge in [-0.05, 0) is 23.6 Å². The van der Waals surface area contributed by atoms with Crippen molar-refractivity contribution >= 4 is 22.6 Å². The van der Waals surface area contributed by atoms with Crippen LogP contribution in [0.2, 0.25) is 0 Å². The lowest BCUT2D eigenvalue weighted by Gasteiger charge is -2.15. The number of fused-ring (bicyclic) bond motifs is 1. The molecule has 1 aromatic heterocycles. The third-order valence-electron chi connectivity index (χ3n) is 3.68. The van der Waals surface area contributed by atoms with E-state index in [0.29, 0.717) is 11.8 Å². The molecule has 0 saturated heterocycles. The number of para-hydroxylation sites is 2. The van der Waals surface area contributed by atoms with E-state index in [1.807, 2.05) is 24.3 Å². The summed E-state index contributed by atoms with van der Waals surface area (Å²) in [6.07, 6.45) is 0. The predicted octanol–water partition coefficient (Wildman–Crippen LogP) is 4.58. The molecule has 0 radical (unpaired) electrons. The SMILES string of the molecule is CC(Cn1c(CCl)nc2ccccc21)c1ccccc1. The van der Waals surface area contributed by atoms with Crippen LogP contribution in [0.5, 0.6) is 0 Å². The van der Waals surface area contributed by atoms with Crippen molar-refractivity contribution in [3.8, 4) is 0 Å². The molecule has 0 bridgehead atoms. The Balaban J connectivity index is 1.98.